The maximum absolute atomic E-state index is 11.0. The summed E-state index contributed by atoms with van der Waals surface area (Å²) in [6, 6.07) is 0. The summed E-state index contributed by atoms with van der Waals surface area (Å²) >= 11 is 0. The van der Waals surface area contributed by atoms with E-state index in [1.165, 1.54) is 83.6 Å². The molecule has 0 saturated carbocycles. The molecule has 0 amide bonds. The Hall–Kier alpha value is -1.18. The van der Waals surface area contributed by atoms with Gasteiger partial charge in [-0.05, 0) is 18.9 Å². The molecule has 126 valence electrons. The van der Waals surface area contributed by atoms with E-state index in [0.717, 1.165) is 6.42 Å². The average Bonchev–Trinajstić information content (AvgIpc) is 2.50. The van der Waals surface area contributed by atoms with Crippen molar-refractivity contribution in [2.24, 2.45) is 0 Å². The second kappa shape index (κ2) is 16.2. The number of carbonyl (C=O) groups is 2. The van der Waals surface area contributed by atoms with Crippen LogP contribution in [0.1, 0.15) is 90.9 Å². The molecule has 22 heavy (non-hydrogen) atoms. The second-order valence-corrected chi connectivity index (χ2v) is 6.03. The van der Waals surface area contributed by atoms with Gasteiger partial charge in [0.2, 0.25) is 5.78 Å². The smallest absolute Gasteiger partial charge is 0.221 e. The predicted molar refractivity (Wildman–Crippen MR) is 95.0 cm³/mol. The number of ketones is 2. The van der Waals surface area contributed by atoms with E-state index < -0.39 is 11.6 Å². The van der Waals surface area contributed by atoms with Gasteiger partial charge in [0, 0.05) is 6.92 Å². The third-order valence-electron chi connectivity index (χ3n) is 3.82. The van der Waals surface area contributed by atoms with Gasteiger partial charge in [-0.25, -0.2) is 0 Å². The van der Waals surface area contributed by atoms with E-state index in [4.69, 9.17) is 0 Å². The number of Topliss-reactive ketones (excluding diaryl/α,β-unsaturated/α-hetero) is 1. The third kappa shape index (κ3) is 15.2. The monoisotopic (exact) mass is 306 g/mol. The van der Waals surface area contributed by atoms with Crippen molar-refractivity contribution in [2.45, 2.75) is 90.9 Å². The minimum absolute atomic E-state index is 0.407. The van der Waals surface area contributed by atoms with Crippen molar-refractivity contribution in [3.8, 4) is 0 Å². The zero-order chi connectivity index (χ0) is 16.5. The van der Waals surface area contributed by atoms with Crippen LogP contribution < -0.4 is 0 Å². The molecule has 0 fully saturated rings. The molecular formula is C20H34O2. The van der Waals surface area contributed by atoms with Gasteiger partial charge in [0.05, 0.1) is 0 Å². The van der Waals surface area contributed by atoms with E-state index in [0.29, 0.717) is 0 Å². The fraction of sp³-hybridized carbons (Fsp3) is 0.700. The first-order chi connectivity index (χ1) is 10.7. The lowest BCUT2D eigenvalue weighted by molar-refractivity contribution is -0.132. The summed E-state index contributed by atoms with van der Waals surface area (Å²) in [7, 11) is 0. The van der Waals surface area contributed by atoms with E-state index in [9.17, 15) is 9.59 Å². The number of hydrogen-bond donors (Lipinski definition) is 0. The van der Waals surface area contributed by atoms with E-state index in [1.807, 2.05) is 6.08 Å². The molecule has 0 aromatic carbocycles. The molecule has 0 spiro atoms. The molecule has 2 nitrogen and oxygen atoms in total. The van der Waals surface area contributed by atoms with Crippen molar-refractivity contribution in [1.29, 1.82) is 0 Å². The molecule has 0 aromatic rings. The highest BCUT2D eigenvalue weighted by Crippen LogP contribution is 2.11. The van der Waals surface area contributed by atoms with Gasteiger partial charge in [-0.2, -0.15) is 0 Å². The molecule has 0 atom stereocenters. The Balaban J connectivity index is 3.26. The van der Waals surface area contributed by atoms with E-state index in [2.05, 4.69) is 13.0 Å². The van der Waals surface area contributed by atoms with Crippen molar-refractivity contribution >= 4 is 11.6 Å². The molecule has 0 N–H and O–H groups in total. The summed E-state index contributed by atoms with van der Waals surface area (Å²) in [5.74, 6) is -0.839. The Morgan fingerprint density at radius 1 is 0.727 bits per heavy atom. The van der Waals surface area contributed by atoms with Crippen molar-refractivity contribution in [3.05, 3.63) is 24.3 Å². The largest absolute Gasteiger partial charge is 0.291 e. The number of rotatable bonds is 15. The van der Waals surface area contributed by atoms with Gasteiger partial charge in [0.15, 0.2) is 5.78 Å². The number of carbonyl (C=O) groups excluding carboxylic acids is 2. The first kappa shape index (κ1) is 20.8. The van der Waals surface area contributed by atoms with Crippen molar-refractivity contribution < 1.29 is 9.59 Å². The Kier molecular flexibility index (Phi) is 15.3. The van der Waals surface area contributed by atoms with Crippen LogP contribution in [0.15, 0.2) is 24.3 Å². The van der Waals surface area contributed by atoms with Crippen LogP contribution in [-0.2, 0) is 9.59 Å². The van der Waals surface area contributed by atoms with Crippen LogP contribution in [0.25, 0.3) is 0 Å². The van der Waals surface area contributed by atoms with Gasteiger partial charge in [-0.1, -0.05) is 89.4 Å². The van der Waals surface area contributed by atoms with Crippen LogP contribution >= 0.6 is 0 Å². The molecule has 0 aliphatic carbocycles. The minimum Gasteiger partial charge on any atom is -0.291 e. The summed E-state index contributed by atoms with van der Waals surface area (Å²) < 4.78 is 0. The highest BCUT2D eigenvalue weighted by molar-refractivity contribution is 6.40. The first-order valence-electron chi connectivity index (χ1n) is 9.06. The summed E-state index contributed by atoms with van der Waals surface area (Å²) in [6.45, 7) is 3.55. The van der Waals surface area contributed by atoms with Gasteiger partial charge < -0.3 is 0 Å². The van der Waals surface area contributed by atoms with Gasteiger partial charge >= 0.3 is 0 Å². The molecule has 0 bridgehead atoms. The van der Waals surface area contributed by atoms with Crippen molar-refractivity contribution in [3.63, 3.8) is 0 Å². The molecule has 0 aliphatic rings. The number of allylic oxidation sites excluding steroid dienone is 4. The molecule has 0 radical (unpaired) electrons. The molecule has 0 heterocycles. The number of hydrogen-bond acceptors (Lipinski definition) is 2. The Labute approximate surface area is 137 Å². The van der Waals surface area contributed by atoms with Crippen LogP contribution in [0.5, 0.6) is 0 Å². The van der Waals surface area contributed by atoms with Crippen molar-refractivity contribution in [1.82, 2.24) is 0 Å². The third-order valence-corrected chi connectivity index (χ3v) is 3.82. The highest BCUT2D eigenvalue weighted by atomic mass is 16.2. The van der Waals surface area contributed by atoms with Crippen LogP contribution in [0.3, 0.4) is 0 Å². The Morgan fingerprint density at radius 3 is 1.73 bits per heavy atom. The molecular weight excluding hydrogens is 272 g/mol. The zero-order valence-electron chi connectivity index (χ0n) is 14.6. The van der Waals surface area contributed by atoms with Gasteiger partial charge in [0.25, 0.3) is 0 Å². The molecule has 0 saturated heterocycles. The molecule has 0 unspecified atom stereocenters. The van der Waals surface area contributed by atoms with Crippen molar-refractivity contribution in [2.75, 3.05) is 0 Å². The minimum atomic E-state index is -0.431. The van der Waals surface area contributed by atoms with Gasteiger partial charge in [-0.3, -0.25) is 9.59 Å². The normalized spacial score (nSPS) is 11.5. The lowest BCUT2D eigenvalue weighted by Crippen LogP contribution is -2.04. The fourth-order valence-electron chi connectivity index (χ4n) is 2.36. The molecule has 0 aliphatic heterocycles. The highest BCUT2D eigenvalue weighted by Gasteiger charge is 1.99. The second-order valence-electron chi connectivity index (χ2n) is 6.03. The summed E-state index contributed by atoms with van der Waals surface area (Å²) in [5, 5.41) is 0. The van der Waals surface area contributed by atoms with Gasteiger partial charge in [0.1, 0.15) is 0 Å². The SMILES string of the molecule is CCCCCCCCCCCCCC=CC=CC(=O)C(C)=O. The summed E-state index contributed by atoms with van der Waals surface area (Å²) in [6.07, 6.45) is 22.9. The predicted octanol–water partition coefficient (Wildman–Crippen LogP) is 5.96. The summed E-state index contributed by atoms with van der Waals surface area (Å²) in [5.41, 5.74) is 0. The molecule has 2 heteroatoms. The number of unbranched alkanes of at least 4 members (excludes halogenated alkanes) is 11. The maximum atomic E-state index is 11.0. The first-order valence-corrected chi connectivity index (χ1v) is 9.06. The van der Waals surface area contributed by atoms with Crippen LogP contribution in [0.2, 0.25) is 0 Å². The Bertz CT molecular complexity index is 340. The van der Waals surface area contributed by atoms with Crippen LogP contribution in [0.4, 0.5) is 0 Å². The average molecular weight is 306 g/mol. The van der Waals surface area contributed by atoms with E-state index in [-0.39, 0.29) is 0 Å². The zero-order valence-corrected chi connectivity index (χ0v) is 14.6. The summed E-state index contributed by atoms with van der Waals surface area (Å²) in [4.78, 5) is 21.7. The molecule has 0 aromatic heterocycles. The van der Waals surface area contributed by atoms with E-state index in [1.54, 1.807) is 6.08 Å². The Morgan fingerprint density at radius 2 is 1.23 bits per heavy atom. The van der Waals surface area contributed by atoms with Gasteiger partial charge in [-0.15, -0.1) is 0 Å². The standard InChI is InChI=1S/C20H34O2/c1-3-4-5-6-7-8-9-10-11-12-13-14-15-16-17-18-20(22)19(2)21/h15-18H,3-14H2,1-2H3. The lowest BCUT2D eigenvalue weighted by atomic mass is 10.1. The fourth-order valence-corrected chi connectivity index (χ4v) is 2.36. The quantitative estimate of drug-likeness (QED) is 0.162. The van der Waals surface area contributed by atoms with Crippen LogP contribution in [-0.4, -0.2) is 11.6 Å². The van der Waals surface area contributed by atoms with E-state index >= 15 is 0 Å². The lowest BCUT2D eigenvalue weighted by Gasteiger charge is -2.01. The van der Waals surface area contributed by atoms with Crippen LogP contribution in [0, 0.1) is 0 Å². The maximum Gasteiger partial charge on any atom is 0.221 e. The topological polar surface area (TPSA) is 34.1 Å². The molecule has 0 rings (SSSR count).